The van der Waals surface area contributed by atoms with Crippen LogP contribution < -0.4 is 5.56 Å². The van der Waals surface area contributed by atoms with E-state index in [1.807, 2.05) is 30.7 Å². The van der Waals surface area contributed by atoms with E-state index in [2.05, 4.69) is 5.10 Å². The van der Waals surface area contributed by atoms with Gasteiger partial charge in [0.15, 0.2) is 0 Å². The van der Waals surface area contributed by atoms with Crippen molar-refractivity contribution in [3.8, 4) is 0 Å². The van der Waals surface area contributed by atoms with Gasteiger partial charge in [-0.3, -0.25) is 14.6 Å². The molecule has 2 rings (SSSR count). The van der Waals surface area contributed by atoms with Crippen molar-refractivity contribution in [2.24, 2.45) is 0 Å². The number of aromatic nitrogens is 2. The molecule has 0 bridgehead atoms. The summed E-state index contributed by atoms with van der Waals surface area (Å²) in [4.78, 5) is 11.6. The minimum atomic E-state index is -0.126. The summed E-state index contributed by atoms with van der Waals surface area (Å²) in [6.45, 7) is 4.02. The molecule has 1 aromatic heterocycles. The highest BCUT2D eigenvalue weighted by Gasteiger charge is 2.10. The molecule has 74 valence electrons. The smallest absolute Gasteiger partial charge is 0.273 e. The van der Waals surface area contributed by atoms with Gasteiger partial charge in [0.2, 0.25) is 0 Å². The van der Waals surface area contributed by atoms with Gasteiger partial charge >= 0.3 is 0 Å². The van der Waals surface area contributed by atoms with Gasteiger partial charge in [-0.05, 0) is 26.0 Å². The highest BCUT2D eigenvalue weighted by Crippen LogP contribution is 2.21. The Morgan fingerprint density at radius 2 is 2.14 bits per heavy atom. The van der Waals surface area contributed by atoms with Crippen LogP contribution in [-0.4, -0.2) is 9.78 Å². The van der Waals surface area contributed by atoms with Crippen molar-refractivity contribution >= 4 is 22.5 Å². The predicted molar refractivity (Wildman–Crippen MR) is 58.0 cm³/mol. The Labute approximate surface area is 86.3 Å². The van der Waals surface area contributed by atoms with Gasteiger partial charge in [-0.1, -0.05) is 17.7 Å². The van der Waals surface area contributed by atoms with Crippen LogP contribution in [0.4, 0.5) is 0 Å². The first-order valence-electron chi connectivity index (χ1n) is 4.50. The van der Waals surface area contributed by atoms with Crippen LogP contribution in [0.3, 0.4) is 0 Å². The fraction of sp³-hybridized carbons (Fsp3) is 0.300. The van der Waals surface area contributed by atoms with Crippen LogP contribution in [-0.2, 0) is 0 Å². The zero-order valence-corrected chi connectivity index (χ0v) is 8.80. The van der Waals surface area contributed by atoms with E-state index >= 15 is 0 Å². The van der Waals surface area contributed by atoms with Crippen molar-refractivity contribution in [1.29, 1.82) is 0 Å². The quantitative estimate of drug-likeness (QED) is 0.772. The van der Waals surface area contributed by atoms with Gasteiger partial charge in [-0.25, -0.2) is 0 Å². The van der Waals surface area contributed by atoms with E-state index in [9.17, 15) is 4.79 Å². The number of benzene rings is 1. The Morgan fingerprint density at radius 1 is 1.43 bits per heavy atom. The number of hydrogen-bond acceptors (Lipinski definition) is 1. The minimum Gasteiger partial charge on any atom is -0.282 e. The Bertz CT molecular complexity index is 524. The lowest BCUT2D eigenvalue weighted by atomic mass is 10.2. The molecule has 0 fully saturated rings. The molecular weight excluding hydrogens is 200 g/mol. The first-order valence-corrected chi connectivity index (χ1v) is 4.88. The molecule has 0 saturated heterocycles. The molecule has 1 N–H and O–H groups in total. The summed E-state index contributed by atoms with van der Waals surface area (Å²) in [5, 5.41) is 3.84. The molecule has 1 heterocycles. The zero-order valence-electron chi connectivity index (χ0n) is 8.04. The van der Waals surface area contributed by atoms with E-state index in [1.54, 1.807) is 6.07 Å². The second-order valence-electron chi connectivity index (χ2n) is 3.54. The summed E-state index contributed by atoms with van der Waals surface area (Å²) in [5.41, 5.74) is 0.733. The van der Waals surface area contributed by atoms with Crippen molar-refractivity contribution in [1.82, 2.24) is 9.78 Å². The molecule has 0 aliphatic carbocycles. The summed E-state index contributed by atoms with van der Waals surface area (Å²) < 4.78 is 1.82. The third kappa shape index (κ3) is 1.24. The van der Waals surface area contributed by atoms with Crippen LogP contribution >= 0.6 is 11.6 Å². The van der Waals surface area contributed by atoms with Crippen molar-refractivity contribution in [3.05, 3.63) is 33.6 Å². The molecule has 14 heavy (non-hydrogen) atoms. The number of halogens is 1. The molecule has 4 heteroatoms. The molecule has 0 amide bonds. The summed E-state index contributed by atoms with van der Waals surface area (Å²) >= 11 is 5.95. The molecule has 0 saturated carbocycles. The fourth-order valence-electron chi connectivity index (χ4n) is 1.57. The standard InChI is InChI=1S/C10H11ClN2O/c1-6(2)13-8-5-3-4-7(11)9(8)10(14)12-13/h3-6H,1-2H3,(H,12,14). The zero-order chi connectivity index (χ0) is 10.3. The van der Waals surface area contributed by atoms with Gasteiger partial charge in [0.25, 0.3) is 5.56 Å². The van der Waals surface area contributed by atoms with Gasteiger partial charge in [-0.15, -0.1) is 0 Å². The number of rotatable bonds is 1. The summed E-state index contributed by atoms with van der Waals surface area (Å²) in [7, 11) is 0. The normalized spacial score (nSPS) is 11.4. The largest absolute Gasteiger partial charge is 0.282 e. The average molecular weight is 211 g/mol. The highest BCUT2D eigenvalue weighted by molar-refractivity contribution is 6.35. The number of nitrogens with one attached hydrogen (secondary N) is 1. The molecule has 0 atom stereocenters. The maximum Gasteiger partial charge on any atom is 0.273 e. The monoisotopic (exact) mass is 210 g/mol. The Balaban J connectivity index is 2.91. The topological polar surface area (TPSA) is 37.8 Å². The molecular formula is C10H11ClN2O. The number of nitrogens with zero attached hydrogens (tertiary/aromatic N) is 1. The SMILES string of the molecule is CC(C)n1[nH]c(=O)c2c(Cl)cccc21. The maximum atomic E-state index is 11.6. The van der Waals surface area contributed by atoms with E-state index < -0.39 is 0 Å². The van der Waals surface area contributed by atoms with Crippen molar-refractivity contribution < 1.29 is 0 Å². The molecule has 1 aromatic carbocycles. The number of hydrogen-bond donors (Lipinski definition) is 1. The van der Waals surface area contributed by atoms with E-state index in [4.69, 9.17) is 11.6 Å². The van der Waals surface area contributed by atoms with E-state index in [-0.39, 0.29) is 11.6 Å². The molecule has 0 unspecified atom stereocenters. The summed E-state index contributed by atoms with van der Waals surface area (Å²) in [6, 6.07) is 5.68. The van der Waals surface area contributed by atoms with Crippen LogP contribution in [0.1, 0.15) is 19.9 Å². The van der Waals surface area contributed by atoms with Gasteiger partial charge in [0.1, 0.15) is 0 Å². The number of H-pyrrole nitrogens is 1. The Morgan fingerprint density at radius 3 is 2.79 bits per heavy atom. The third-order valence-electron chi connectivity index (χ3n) is 2.22. The molecule has 3 nitrogen and oxygen atoms in total. The van der Waals surface area contributed by atoms with Crippen LogP contribution in [0.5, 0.6) is 0 Å². The molecule has 0 aliphatic heterocycles. The van der Waals surface area contributed by atoms with Gasteiger partial charge in [-0.2, -0.15) is 0 Å². The second-order valence-corrected chi connectivity index (χ2v) is 3.95. The van der Waals surface area contributed by atoms with E-state index in [0.717, 1.165) is 5.52 Å². The fourth-order valence-corrected chi connectivity index (χ4v) is 1.83. The highest BCUT2D eigenvalue weighted by atomic mass is 35.5. The van der Waals surface area contributed by atoms with Gasteiger partial charge in [0.05, 0.1) is 15.9 Å². The number of fused-ring (bicyclic) bond motifs is 1. The van der Waals surface area contributed by atoms with E-state index in [0.29, 0.717) is 10.4 Å². The Kier molecular flexibility index (Phi) is 2.11. The van der Waals surface area contributed by atoms with Crippen LogP contribution in [0.15, 0.2) is 23.0 Å². The lowest BCUT2D eigenvalue weighted by Gasteiger charge is -2.07. The van der Waals surface area contributed by atoms with Crippen molar-refractivity contribution in [3.63, 3.8) is 0 Å². The lowest BCUT2D eigenvalue weighted by molar-refractivity contribution is 0.546. The van der Waals surface area contributed by atoms with Crippen LogP contribution in [0.25, 0.3) is 10.9 Å². The Hall–Kier alpha value is -1.22. The van der Waals surface area contributed by atoms with Crippen molar-refractivity contribution in [2.75, 3.05) is 0 Å². The number of aromatic amines is 1. The van der Waals surface area contributed by atoms with Gasteiger partial charge in [0, 0.05) is 6.04 Å². The van der Waals surface area contributed by atoms with Crippen LogP contribution in [0, 0.1) is 0 Å². The second kappa shape index (κ2) is 3.17. The van der Waals surface area contributed by atoms with Gasteiger partial charge < -0.3 is 0 Å². The minimum absolute atomic E-state index is 0.126. The molecule has 0 spiro atoms. The average Bonchev–Trinajstić information content (AvgIpc) is 2.45. The van der Waals surface area contributed by atoms with Crippen LogP contribution in [0.2, 0.25) is 5.02 Å². The maximum absolute atomic E-state index is 11.6. The first-order chi connectivity index (χ1) is 6.61. The molecule has 0 aliphatic rings. The van der Waals surface area contributed by atoms with E-state index in [1.165, 1.54) is 0 Å². The molecule has 2 aromatic rings. The summed E-state index contributed by atoms with van der Waals surface area (Å²) in [5.74, 6) is 0. The lowest BCUT2D eigenvalue weighted by Crippen LogP contribution is -2.07. The summed E-state index contributed by atoms with van der Waals surface area (Å²) in [6.07, 6.45) is 0. The first kappa shape index (κ1) is 9.34. The predicted octanol–water partition coefficient (Wildman–Crippen LogP) is 2.56. The third-order valence-corrected chi connectivity index (χ3v) is 2.53. The van der Waals surface area contributed by atoms with Crippen molar-refractivity contribution in [2.45, 2.75) is 19.9 Å². The molecule has 0 radical (unpaired) electrons.